The van der Waals surface area contributed by atoms with Crippen LogP contribution in [0.2, 0.25) is 0 Å². The molecular formula is C11H11N3O2. The lowest BCUT2D eigenvalue weighted by molar-refractivity contribution is 0.0696. The lowest BCUT2D eigenvalue weighted by atomic mass is 10.1. The Balaban J connectivity index is 2.72. The Bertz CT molecular complexity index is 448. The Morgan fingerprint density at radius 2 is 2.25 bits per heavy atom. The number of hydrogen-bond donors (Lipinski definition) is 1. The van der Waals surface area contributed by atoms with Gasteiger partial charge in [0.2, 0.25) is 0 Å². The highest BCUT2D eigenvalue weighted by atomic mass is 16.4. The van der Waals surface area contributed by atoms with Crippen LogP contribution in [-0.2, 0) is 0 Å². The van der Waals surface area contributed by atoms with Gasteiger partial charge in [-0.2, -0.15) is 0 Å². The van der Waals surface area contributed by atoms with Crippen LogP contribution in [0.3, 0.4) is 0 Å². The van der Waals surface area contributed by atoms with E-state index < -0.39 is 5.97 Å². The van der Waals surface area contributed by atoms with Gasteiger partial charge < -0.3 is 5.11 Å². The summed E-state index contributed by atoms with van der Waals surface area (Å²) in [5.41, 5.74) is 8.97. The van der Waals surface area contributed by atoms with E-state index in [2.05, 4.69) is 10.0 Å². The first-order valence-electron chi connectivity index (χ1n) is 4.75. The molecule has 0 spiro atoms. The van der Waals surface area contributed by atoms with Crippen LogP contribution in [0.5, 0.6) is 0 Å². The van der Waals surface area contributed by atoms with Crippen LogP contribution in [0.1, 0.15) is 22.3 Å². The van der Waals surface area contributed by atoms with Crippen molar-refractivity contribution in [3.8, 4) is 0 Å². The van der Waals surface area contributed by atoms with Gasteiger partial charge in [-0.15, -0.1) is 0 Å². The van der Waals surface area contributed by atoms with E-state index in [1.807, 2.05) is 0 Å². The highest BCUT2D eigenvalue weighted by Crippen LogP contribution is 2.10. The maximum Gasteiger partial charge on any atom is 0.336 e. The zero-order valence-electron chi connectivity index (χ0n) is 8.58. The number of rotatable bonds is 5. The molecule has 1 rings (SSSR count). The second-order valence-corrected chi connectivity index (χ2v) is 3.04. The fraction of sp³-hybridized carbons (Fsp3) is 0.182. The average molecular weight is 217 g/mol. The highest BCUT2D eigenvalue weighted by molar-refractivity contribution is 5.92. The summed E-state index contributed by atoms with van der Waals surface area (Å²) in [7, 11) is 0. The predicted octanol–water partition coefficient (Wildman–Crippen LogP) is 3.10. The quantitative estimate of drug-likeness (QED) is 0.355. The monoisotopic (exact) mass is 217 g/mol. The van der Waals surface area contributed by atoms with E-state index in [1.165, 1.54) is 0 Å². The van der Waals surface area contributed by atoms with Crippen LogP contribution in [0.4, 0.5) is 0 Å². The van der Waals surface area contributed by atoms with Gasteiger partial charge in [-0.05, 0) is 23.6 Å². The lowest BCUT2D eigenvalue weighted by Crippen LogP contribution is -1.98. The minimum absolute atomic E-state index is 0.266. The Hall–Kier alpha value is -2.26. The van der Waals surface area contributed by atoms with Crippen molar-refractivity contribution in [3.63, 3.8) is 0 Å². The van der Waals surface area contributed by atoms with Crippen molar-refractivity contribution in [1.29, 1.82) is 0 Å². The number of hydrogen-bond acceptors (Lipinski definition) is 2. The first-order chi connectivity index (χ1) is 7.75. The Kier molecular flexibility index (Phi) is 4.63. The third kappa shape index (κ3) is 3.48. The van der Waals surface area contributed by atoms with Crippen molar-refractivity contribution in [3.05, 3.63) is 51.9 Å². The van der Waals surface area contributed by atoms with E-state index in [9.17, 15) is 4.79 Å². The zero-order chi connectivity index (χ0) is 11.8. The summed E-state index contributed by atoms with van der Waals surface area (Å²) in [5, 5.41) is 12.3. The molecule has 0 aliphatic heterocycles. The van der Waals surface area contributed by atoms with Gasteiger partial charge in [0, 0.05) is 11.5 Å². The largest absolute Gasteiger partial charge is 0.478 e. The summed E-state index contributed by atoms with van der Waals surface area (Å²) in [6.45, 7) is 0.377. The Morgan fingerprint density at radius 1 is 1.50 bits per heavy atom. The van der Waals surface area contributed by atoms with Crippen LogP contribution in [0, 0.1) is 0 Å². The van der Waals surface area contributed by atoms with Crippen LogP contribution in [0.25, 0.3) is 16.5 Å². The van der Waals surface area contributed by atoms with Gasteiger partial charge >= 0.3 is 5.97 Å². The molecule has 1 aromatic carbocycles. The number of nitrogens with zero attached hydrogens (tertiary/aromatic N) is 3. The first-order valence-corrected chi connectivity index (χ1v) is 4.75. The zero-order valence-corrected chi connectivity index (χ0v) is 8.58. The van der Waals surface area contributed by atoms with Gasteiger partial charge in [0.25, 0.3) is 0 Å². The molecule has 0 bridgehead atoms. The lowest BCUT2D eigenvalue weighted by Gasteiger charge is -1.99. The van der Waals surface area contributed by atoms with Crippen molar-refractivity contribution < 1.29 is 9.90 Å². The molecule has 0 aliphatic carbocycles. The van der Waals surface area contributed by atoms with Crippen LogP contribution in [0.15, 0.2) is 35.5 Å². The van der Waals surface area contributed by atoms with E-state index in [0.29, 0.717) is 18.5 Å². The third-order valence-corrected chi connectivity index (χ3v) is 1.95. The smallest absolute Gasteiger partial charge is 0.336 e. The fourth-order valence-electron chi connectivity index (χ4n) is 1.22. The minimum Gasteiger partial charge on any atom is -0.478 e. The molecule has 0 amide bonds. The molecule has 1 N–H and O–H groups in total. The molecule has 0 atom stereocenters. The van der Waals surface area contributed by atoms with Crippen LogP contribution in [-0.4, -0.2) is 17.6 Å². The maximum absolute atomic E-state index is 10.9. The van der Waals surface area contributed by atoms with Gasteiger partial charge in [-0.25, -0.2) is 4.79 Å². The maximum atomic E-state index is 10.9. The number of aromatic carboxylic acids is 1. The summed E-state index contributed by atoms with van der Waals surface area (Å²) < 4.78 is 0. The molecule has 0 unspecified atom stereocenters. The summed E-state index contributed by atoms with van der Waals surface area (Å²) in [6, 6.07) is 6.74. The van der Waals surface area contributed by atoms with Gasteiger partial charge in [-0.1, -0.05) is 35.5 Å². The summed E-state index contributed by atoms with van der Waals surface area (Å²) in [5.74, 6) is -0.949. The molecule has 0 aliphatic rings. The Labute approximate surface area is 92.7 Å². The Morgan fingerprint density at radius 3 is 2.94 bits per heavy atom. The van der Waals surface area contributed by atoms with E-state index >= 15 is 0 Å². The average Bonchev–Trinajstić information content (AvgIpc) is 2.29. The van der Waals surface area contributed by atoms with Crippen LogP contribution < -0.4 is 0 Å². The number of carboxylic acid groups (broad SMARTS) is 1. The molecule has 82 valence electrons. The number of carbonyl (C=O) groups is 1. The molecule has 0 fully saturated rings. The summed E-state index contributed by atoms with van der Waals surface area (Å²) >= 11 is 0. The third-order valence-electron chi connectivity index (χ3n) is 1.95. The van der Waals surface area contributed by atoms with Crippen molar-refractivity contribution in [2.24, 2.45) is 5.11 Å². The fourth-order valence-corrected chi connectivity index (χ4v) is 1.22. The minimum atomic E-state index is -0.949. The second kappa shape index (κ2) is 6.27. The van der Waals surface area contributed by atoms with E-state index in [0.717, 1.165) is 0 Å². The van der Waals surface area contributed by atoms with Gasteiger partial charge in [0.1, 0.15) is 0 Å². The molecule has 16 heavy (non-hydrogen) atoms. The number of benzene rings is 1. The van der Waals surface area contributed by atoms with Crippen molar-refractivity contribution in [1.82, 2.24) is 0 Å². The molecule has 5 nitrogen and oxygen atoms in total. The van der Waals surface area contributed by atoms with Crippen molar-refractivity contribution in [2.75, 3.05) is 6.54 Å². The van der Waals surface area contributed by atoms with E-state index in [1.54, 1.807) is 36.4 Å². The van der Waals surface area contributed by atoms with Crippen molar-refractivity contribution in [2.45, 2.75) is 6.42 Å². The van der Waals surface area contributed by atoms with Crippen molar-refractivity contribution >= 4 is 12.0 Å². The molecule has 0 radical (unpaired) electrons. The predicted molar refractivity (Wildman–Crippen MR) is 61.1 cm³/mol. The number of carboxylic acids is 1. The van der Waals surface area contributed by atoms with Gasteiger partial charge in [-0.3, -0.25) is 0 Å². The standard InChI is InChI=1S/C11H11N3O2/c12-14-13-8-4-3-6-9-5-1-2-7-10(9)11(15)16/h1-3,5-7H,4,8H2,(H,15,16). The normalized spacial score (nSPS) is 10.0. The highest BCUT2D eigenvalue weighted by Gasteiger charge is 2.05. The topological polar surface area (TPSA) is 86.1 Å². The van der Waals surface area contributed by atoms with Crippen LogP contribution >= 0.6 is 0 Å². The summed E-state index contributed by atoms with van der Waals surface area (Å²) in [6.07, 6.45) is 4.10. The van der Waals surface area contributed by atoms with Gasteiger partial charge in [0.05, 0.1) is 5.56 Å². The molecule has 0 heterocycles. The first kappa shape index (κ1) is 11.8. The van der Waals surface area contributed by atoms with Gasteiger partial charge in [0.15, 0.2) is 0 Å². The SMILES string of the molecule is [N-]=[N+]=NCCC=Cc1ccccc1C(=O)O. The molecule has 0 aromatic heterocycles. The molecule has 5 heteroatoms. The second-order valence-electron chi connectivity index (χ2n) is 3.04. The molecule has 0 saturated carbocycles. The van der Waals surface area contributed by atoms with E-state index in [-0.39, 0.29) is 5.56 Å². The van der Waals surface area contributed by atoms with E-state index in [4.69, 9.17) is 10.6 Å². The number of azide groups is 1. The summed E-state index contributed by atoms with van der Waals surface area (Å²) in [4.78, 5) is 13.5. The molecular weight excluding hydrogens is 206 g/mol. The molecule has 1 aromatic rings. The molecule has 0 saturated heterocycles.